The lowest BCUT2D eigenvalue weighted by Gasteiger charge is -2.15. The Hall–Kier alpha value is -3.69. The number of hydrogen-bond donors (Lipinski definition) is 2. The molecule has 2 aromatic heterocycles. The highest BCUT2D eigenvalue weighted by Crippen LogP contribution is 2.16. The van der Waals surface area contributed by atoms with Crippen LogP contribution in [-0.4, -0.2) is 30.5 Å². The van der Waals surface area contributed by atoms with Crippen LogP contribution in [0.2, 0.25) is 0 Å². The molecule has 0 bridgehead atoms. The van der Waals surface area contributed by atoms with E-state index in [1.165, 1.54) is 41.7 Å². The van der Waals surface area contributed by atoms with E-state index in [4.69, 9.17) is 5.73 Å². The molecule has 2 amide bonds. The fourth-order valence-electron chi connectivity index (χ4n) is 2.75. The van der Waals surface area contributed by atoms with Gasteiger partial charge in [0.1, 0.15) is 6.04 Å². The molecule has 3 rings (SSSR count). The number of nitrogens with two attached hydrogens (primary N) is 1. The number of benzene rings is 1. The van der Waals surface area contributed by atoms with Crippen molar-refractivity contribution < 1.29 is 9.59 Å². The number of aryl methyl sites for hydroxylation is 1. The Bertz CT molecular complexity index is 1170. The lowest BCUT2D eigenvalue weighted by molar-refractivity contribution is -0.118. The average Bonchev–Trinajstić information content (AvgIpc) is 3.09. The standard InChI is InChI=1S/C17H18N6O4/c1-9(15(25)20-11-6-4-10(5-7-11)13(18)24)23-8-19-14-12(23)16(26)22(3)17(27)21(14)2/h4-9H,1-3H3,(H2,18,24)(H,20,25)/t9-/m0/s1. The fraction of sp³-hybridized carbons (Fsp3) is 0.235. The van der Waals surface area contributed by atoms with Gasteiger partial charge in [-0.2, -0.15) is 0 Å². The first-order chi connectivity index (χ1) is 12.7. The van der Waals surface area contributed by atoms with E-state index in [9.17, 15) is 19.2 Å². The summed E-state index contributed by atoms with van der Waals surface area (Å²) in [7, 11) is 2.87. The van der Waals surface area contributed by atoms with E-state index in [0.717, 1.165) is 4.57 Å². The third kappa shape index (κ3) is 3.01. The summed E-state index contributed by atoms with van der Waals surface area (Å²) in [6, 6.07) is 5.34. The van der Waals surface area contributed by atoms with Crippen LogP contribution in [0.3, 0.4) is 0 Å². The molecule has 2 heterocycles. The van der Waals surface area contributed by atoms with E-state index in [2.05, 4.69) is 10.3 Å². The van der Waals surface area contributed by atoms with Crippen LogP contribution < -0.4 is 22.3 Å². The van der Waals surface area contributed by atoms with Gasteiger partial charge in [-0.1, -0.05) is 0 Å². The molecule has 0 radical (unpaired) electrons. The minimum Gasteiger partial charge on any atom is -0.366 e. The van der Waals surface area contributed by atoms with E-state index >= 15 is 0 Å². The Kier molecular flexibility index (Phi) is 4.40. The third-order valence-electron chi connectivity index (χ3n) is 4.41. The van der Waals surface area contributed by atoms with Gasteiger partial charge in [-0.05, 0) is 31.2 Å². The minimum absolute atomic E-state index is 0.159. The van der Waals surface area contributed by atoms with E-state index in [1.807, 2.05) is 0 Å². The number of carbonyl (C=O) groups is 2. The Morgan fingerprint density at radius 1 is 1.11 bits per heavy atom. The first kappa shape index (κ1) is 18.1. The van der Waals surface area contributed by atoms with Crippen molar-refractivity contribution in [1.82, 2.24) is 18.7 Å². The predicted molar refractivity (Wildman–Crippen MR) is 98.5 cm³/mol. The number of fused-ring (bicyclic) bond motifs is 1. The highest BCUT2D eigenvalue weighted by molar-refractivity contribution is 5.96. The van der Waals surface area contributed by atoms with Gasteiger partial charge in [-0.15, -0.1) is 0 Å². The largest absolute Gasteiger partial charge is 0.366 e. The second kappa shape index (κ2) is 6.56. The summed E-state index contributed by atoms with van der Waals surface area (Å²) in [5, 5.41) is 2.70. The number of carbonyl (C=O) groups excluding carboxylic acids is 2. The van der Waals surface area contributed by atoms with Crippen molar-refractivity contribution in [2.75, 3.05) is 5.32 Å². The second-order valence-electron chi connectivity index (χ2n) is 6.14. The van der Waals surface area contributed by atoms with Gasteiger partial charge in [0, 0.05) is 25.3 Å². The fourth-order valence-corrected chi connectivity index (χ4v) is 2.75. The van der Waals surface area contributed by atoms with Gasteiger partial charge < -0.3 is 15.6 Å². The van der Waals surface area contributed by atoms with Crippen molar-refractivity contribution in [1.29, 1.82) is 0 Å². The van der Waals surface area contributed by atoms with Crippen LogP contribution in [0.15, 0.2) is 40.2 Å². The molecule has 3 N–H and O–H groups in total. The summed E-state index contributed by atoms with van der Waals surface area (Å²) in [6.07, 6.45) is 1.35. The maximum Gasteiger partial charge on any atom is 0.332 e. The smallest absolute Gasteiger partial charge is 0.332 e. The Labute approximate surface area is 152 Å². The summed E-state index contributed by atoms with van der Waals surface area (Å²) in [5.41, 5.74) is 5.32. The lowest BCUT2D eigenvalue weighted by atomic mass is 10.2. The van der Waals surface area contributed by atoms with Gasteiger partial charge in [0.2, 0.25) is 11.8 Å². The van der Waals surface area contributed by atoms with E-state index in [1.54, 1.807) is 19.1 Å². The minimum atomic E-state index is -0.768. The molecule has 10 nitrogen and oxygen atoms in total. The molecule has 0 unspecified atom stereocenters. The number of hydrogen-bond acceptors (Lipinski definition) is 5. The maximum atomic E-state index is 12.6. The van der Waals surface area contributed by atoms with Gasteiger partial charge in [0.25, 0.3) is 5.56 Å². The first-order valence-corrected chi connectivity index (χ1v) is 8.05. The number of imidazole rings is 1. The number of nitrogens with zero attached hydrogens (tertiary/aromatic N) is 4. The lowest BCUT2D eigenvalue weighted by Crippen LogP contribution is -2.38. The number of anilines is 1. The molecule has 140 valence electrons. The molecule has 3 aromatic rings. The van der Waals surface area contributed by atoms with Crippen LogP contribution in [0.4, 0.5) is 5.69 Å². The molecular formula is C17H18N6O4. The van der Waals surface area contributed by atoms with Crippen molar-refractivity contribution in [3.63, 3.8) is 0 Å². The maximum absolute atomic E-state index is 12.6. The van der Waals surface area contributed by atoms with Gasteiger partial charge in [0.05, 0.1) is 6.33 Å². The highest BCUT2D eigenvalue weighted by Gasteiger charge is 2.22. The van der Waals surface area contributed by atoms with Crippen LogP contribution in [0.5, 0.6) is 0 Å². The quantitative estimate of drug-likeness (QED) is 0.652. The van der Waals surface area contributed by atoms with Crippen LogP contribution in [0.25, 0.3) is 11.2 Å². The monoisotopic (exact) mass is 370 g/mol. The molecule has 0 spiro atoms. The Morgan fingerprint density at radius 3 is 2.33 bits per heavy atom. The highest BCUT2D eigenvalue weighted by atomic mass is 16.2. The topological polar surface area (TPSA) is 134 Å². The molecule has 0 fully saturated rings. The summed E-state index contributed by atoms with van der Waals surface area (Å²) < 4.78 is 3.64. The molecule has 0 saturated heterocycles. The van der Waals surface area contributed by atoms with Crippen molar-refractivity contribution in [3.8, 4) is 0 Å². The molecule has 0 aliphatic heterocycles. The van der Waals surface area contributed by atoms with E-state index in [-0.39, 0.29) is 11.2 Å². The van der Waals surface area contributed by atoms with E-state index in [0.29, 0.717) is 11.3 Å². The van der Waals surface area contributed by atoms with Crippen molar-refractivity contribution in [2.45, 2.75) is 13.0 Å². The molecule has 0 aliphatic carbocycles. The third-order valence-corrected chi connectivity index (χ3v) is 4.41. The van der Waals surface area contributed by atoms with Gasteiger partial charge >= 0.3 is 5.69 Å². The van der Waals surface area contributed by atoms with Gasteiger partial charge in [-0.3, -0.25) is 23.5 Å². The SMILES string of the molecule is C[C@@H](C(=O)Nc1ccc(C(N)=O)cc1)n1cnc2c1c(=O)n(C)c(=O)n2C. The average molecular weight is 370 g/mol. The Morgan fingerprint density at radius 2 is 1.74 bits per heavy atom. The Balaban J connectivity index is 1.95. The summed E-state index contributed by atoms with van der Waals surface area (Å²) in [6.45, 7) is 1.61. The van der Waals surface area contributed by atoms with Crippen LogP contribution in [0.1, 0.15) is 23.3 Å². The first-order valence-electron chi connectivity index (χ1n) is 8.05. The van der Waals surface area contributed by atoms with Gasteiger partial charge in [-0.25, -0.2) is 9.78 Å². The zero-order valence-corrected chi connectivity index (χ0v) is 15.0. The number of rotatable bonds is 4. The predicted octanol–water partition coefficient (Wildman–Crippen LogP) is -0.268. The number of aromatic nitrogens is 4. The molecular weight excluding hydrogens is 352 g/mol. The number of primary amides is 1. The zero-order valence-electron chi connectivity index (χ0n) is 15.0. The molecule has 10 heteroatoms. The van der Waals surface area contributed by atoms with Crippen molar-refractivity contribution in [2.24, 2.45) is 19.8 Å². The summed E-state index contributed by atoms with van der Waals surface area (Å²) >= 11 is 0. The molecule has 0 saturated carbocycles. The zero-order chi connectivity index (χ0) is 19.9. The van der Waals surface area contributed by atoms with Gasteiger partial charge in [0.15, 0.2) is 11.2 Å². The summed E-state index contributed by atoms with van der Waals surface area (Å²) in [5.74, 6) is -0.954. The van der Waals surface area contributed by atoms with Crippen molar-refractivity contribution in [3.05, 3.63) is 57.0 Å². The molecule has 1 aromatic carbocycles. The van der Waals surface area contributed by atoms with E-state index < -0.39 is 29.1 Å². The molecule has 0 aliphatic rings. The molecule has 1 atom stereocenters. The molecule has 27 heavy (non-hydrogen) atoms. The number of nitrogens with one attached hydrogen (secondary N) is 1. The second-order valence-corrected chi connectivity index (χ2v) is 6.14. The van der Waals surface area contributed by atoms with Crippen LogP contribution in [0, 0.1) is 0 Å². The van der Waals surface area contributed by atoms with Crippen molar-refractivity contribution >= 4 is 28.7 Å². The van der Waals surface area contributed by atoms with Crippen LogP contribution >= 0.6 is 0 Å². The normalized spacial score (nSPS) is 12.1. The van der Waals surface area contributed by atoms with Crippen LogP contribution in [-0.2, 0) is 18.9 Å². The summed E-state index contributed by atoms with van der Waals surface area (Å²) in [4.78, 5) is 52.3. The number of amides is 2.